The molecular weight excluding hydrogens is 214 g/mol. The van der Waals surface area contributed by atoms with Crippen LogP contribution in [0.3, 0.4) is 0 Å². The Labute approximate surface area is 104 Å². The van der Waals surface area contributed by atoms with Crippen molar-refractivity contribution in [1.82, 2.24) is 19.7 Å². The lowest BCUT2D eigenvalue weighted by Crippen LogP contribution is -2.54. The first-order chi connectivity index (χ1) is 7.76. The Bertz CT molecular complexity index is 354. The quantitative estimate of drug-likeness (QED) is 0.835. The van der Waals surface area contributed by atoms with Crippen molar-refractivity contribution in [1.29, 1.82) is 0 Å². The molecule has 1 aromatic rings. The van der Waals surface area contributed by atoms with Gasteiger partial charge in [0.25, 0.3) is 0 Å². The Balaban J connectivity index is 2.81. The van der Waals surface area contributed by atoms with E-state index in [1.165, 1.54) is 0 Å². The maximum atomic E-state index is 6.29. The third-order valence-corrected chi connectivity index (χ3v) is 3.60. The van der Waals surface area contributed by atoms with E-state index < -0.39 is 0 Å². The Kier molecular flexibility index (Phi) is 4.27. The van der Waals surface area contributed by atoms with Gasteiger partial charge < -0.3 is 10.6 Å². The lowest BCUT2D eigenvalue weighted by atomic mass is 9.91. The molecule has 0 aromatic carbocycles. The topological polar surface area (TPSA) is 60.0 Å². The minimum Gasteiger partial charge on any atom is -0.326 e. The summed E-state index contributed by atoms with van der Waals surface area (Å²) >= 11 is 0. The van der Waals surface area contributed by atoms with Crippen molar-refractivity contribution in [2.45, 2.75) is 51.7 Å². The molecule has 1 atom stereocenters. The number of likely N-dealkylation sites (N-methyl/N-ethyl adjacent to an activating group) is 1. The molecule has 1 aromatic heterocycles. The highest BCUT2D eigenvalue weighted by Crippen LogP contribution is 2.18. The molecular formula is C12H25N5. The summed E-state index contributed by atoms with van der Waals surface area (Å²) in [6.07, 6.45) is 2.34. The van der Waals surface area contributed by atoms with Crippen LogP contribution in [0.15, 0.2) is 6.33 Å². The van der Waals surface area contributed by atoms with Gasteiger partial charge in [0.15, 0.2) is 0 Å². The van der Waals surface area contributed by atoms with Gasteiger partial charge in [0.05, 0.1) is 0 Å². The smallest absolute Gasteiger partial charge is 0.138 e. The molecule has 0 saturated carbocycles. The van der Waals surface area contributed by atoms with E-state index in [2.05, 4.69) is 42.7 Å². The maximum absolute atomic E-state index is 6.29. The third-order valence-electron chi connectivity index (χ3n) is 3.60. The molecule has 0 bridgehead atoms. The van der Waals surface area contributed by atoms with Gasteiger partial charge in [0.2, 0.25) is 0 Å². The fourth-order valence-electron chi connectivity index (χ4n) is 1.63. The summed E-state index contributed by atoms with van der Waals surface area (Å²) in [7, 11) is 4.10. The fraction of sp³-hybridized carbons (Fsp3) is 0.833. The lowest BCUT2D eigenvalue weighted by molar-refractivity contribution is 0.156. The SMILES string of the molecule is CC(C)n1ncnc1CC(N)C(C)(C)N(C)C. The Hall–Kier alpha value is -0.940. The highest BCUT2D eigenvalue weighted by Gasteiger charge is 2.30. The van der Waals surface area contributed by atoms with Gasteiger partial charge in [-0.2, -0.15) is 5.10 Å². The van der Waals surface area contributed by atoms with Crippen LogP contribution in [0.5, 0.6) is 0 Å². The number of hydrogen-bond donors (Lipinski definition) is 1. The molecule has 0 amide bonds. The zero-order valence-electron chi connectivity index (χ0n) is 11.8. The first kappa shape index (κ1) is 14.1. The van der Waals surface area contributed by atoms with Crippen LogP contribution in [0.4, 0.5) is 0 Å². The molecule has 2 N–H and O–H groups in total. The van der Waals surface area contributed by atoms with E-state index in [-0.39, 0.29) is 11.6 Å². The van der Waals surface area contributed by atoms with Crippen LogP contribution in [0.25, 0.3) is 0 Å². The normalized spacial score (nSPS) is 14.6. The second-order valence-corrected chi connectivity index (χ2v) is 5.57. The van der Waals surface area contributed by atoms with Gasteiger partial charge in [-0.3, -0.25) is 0 Å². The Morgan fingerprint density at radius 3 is 2.47 bits per heavy atom. The molecule has 0 spiro atoms. The summed E-state index contributed by atoms with van der Waals surface area (Å²) in [6.45, 7) is 8.49. The van der Waals surface area contributed by atoms with Crippen LogP contribution in [0.1, 0.15) is 39.6 Å². The van der Waals surface area contributed by atoms with Crippen molar-refractivity contribution in [3.8, 4) is 0 Å². The van der Waals surface area contributed by atoms with Gasteiger partial charge >= 0.3 is 0 Å². The highest BCUT2D eigenvalue weighted by atomic mass is 15.3. The maximum Gasteiger partial charge on any atom is 0.138 e. The van der Waals surface area contributed by atoms with Gasteiger partial charge in [-0.1, -0.05) is 0 Å². The monoisotopic (exact) mass is 239 g/mol. The zero-order valence-corrected chi connectivity index (χ0v) is 11.8. The van der Waals surface area contributed by atoms with Crippen LogP contribution in [-0.4, -0.2) is 45.3 Å². The fourth-order valence-corrected chi connectivity index (χ4v) is 1.63. The zero-order chi connectivity index (χ0) is 13.2. The molecule has 0 aliphatic rings. The molecule has 1 rings (SSSR count). The Morgan fingerprint density at radius 1 is 1.41 bits per heavy atom. The number of nitrogens with two attached hydrogens (primary N) is 1. The molecule has 1 unspecified atom stereocenters. The predicted molar refractivity (Wildman–Crippen MR) is 69.9 cm³/mol. The van der Waals surface area contributed by atoms with Gasteiger partial charge in [-0.25, -0.2) is 9.67 Å². The molecule has 0 radical (unpaired) electrons. The minimum absolute atomic E-state index is 0.0270. The van der Waals surface area contributed by atoms with Gasteiger partial charge in [0, 0.05) is 24.0 Å². The van der Waals surface area contributed by atoms with Gasteiger partial charge in [-0.15, -0.1) is 0 Å². The standard InChI is InChI=1S/C12H25N5/c1-9(2)17-11(14-8-15-17)7-10(13)12(3,4)16(5)6/h8-10H,7,13H2,1-6H3. The first-order valence-corrected chi connectivity index (χ1v) is 6.08. The molecule has 0 fully saturated rings. The van der Waals surface area contributed by atoms with E-state index in [9.17, 15) is 0 Å². The van der Waals surface area contributed by atoms with Crippen LogP contribution in [0, 0.1) is 0 Å². The number of rotatable bonds is 5. The van der Waals surface area contributed by atoms with E-state index in [1.807, 2.05) is 18.8 Å². The third kappa shape index (κ3) is 3.04. The molecule has 5 heteroatoms. The molecule has 17 heavy (non-hydrogen) atoms. The number of aromatic nitrogens is 3. The van der Waals surface area contributed by atoms with Crippen LogP contribution >= 0.6 is 0 Å². The molecule has 0 saturated heterocycles. The summed E-state index contributed by atoms with van der Waals surface area (Å²) in [5.41, 5.74) is 6.23. The predicted octanol–water partition coefficient (Wildman–Crippen LogP) is 1.07. The van der Waals surface area contributed by atoms with Crippen molar-refractivity contribution < 1.29 is 0 Å². The molecule has 5 nitrogen and oxygen atoms in total. The van der Waals surface area contributed by atoms with Crippen molar-refractivity contribution >= 4 is 0 Å². The van der Waals surface area contributed by atoms with E-state index in [0.717, 1.165) is 12.2 Å². The van der Waals surface area contributed by atoms with Crippen molar-refractivity contribution in [3.63, 3.8) is 0 Å². The van der Waals surface area contributed by atoms with Crippen LogP contribution in [-0.2, 0) is 6.42 Å². The summed E-state index contributed by atoms with van der Waals surface area (Å²) in [5, 5.41) is 4.23. The van der Waals surface area contributed by atoms with E-state index in [0.29, 0.717) is 6.04 Å². The van der Waals surface area contributed by atoms with Crippen LogP contribution < -0.4 is 5.73 Å². The van der Waals surface area contributed by atoms with E-state index in [4.69, 9.17) is 5.73 Å². The Morgan fingerprint density at radius 2 is 2.00 bits per heavy atom. The summed E-state index contributed by atoms with van der Waals surface area (Å²) in [4.78, 5) is 6.45. The molecule has 0 aliphatic carbocycles. The number of nitrogens with zero attached hydrogens (tertiary/aromatic N) is 4. The second kappa shape index (κ2) is 5.14. The number of hydrogen-bond acceptors (Lipinski definition) is 4. The van der Waals surface area contributed by atoms with E-state index >= 15 is 0 Å². The molecule has 1 heterocycles. The minimum atomic E-state index is -0.0617. The average molecular weight is 239 g/mol. The lowest BCUT2D eigenvalue weighted by Gasteiger charge is -2.38. The molecule has 98 valence electrons. The van der Waals surface area contributed by atoms with Crippen molar-refractivity contribution in [3.05, 3.63) is 12.2 Å². The average Bonchev–Trinajstić information content (AvgIpc) is 2.65. The summed E-state index contributed by atoms with van der Waals surface area (Å²) < 4.78 is 1.94. The highest BCUT2D eigenvalue weighted by molar-refractivity contribution is 4.98. The summed E-state index contributed by atoms with van der Waals surface area (Å²) in [6, 6.07) is 0.348. The van der Waals surface area contributed by atoms with Gasteiger partial charge in [-0.05, 0) is 41.8 Å². The largest absolute Gasteiger partial charge is 0.326 e. The van der Waals surface area contributed by atoms with Crippen molar-refractivity contribution in [2.75, 3.05) is 14.1 Å². The second-order valence-electron chi connectivity index (χ2n) is 5.57. The molecule has 0 aliphatic heterocycles. The first-order valence-electron chi connectivity index (χ1n) is 6.08. The van der Waals surface area contributed by atoms with Crippen LogP contribution in [0.2, 0.25) is 0 Å². The van der Waals surface area contributed by atoms with E-state index in [1.54, 1.807) is 6.33 Å². The summed E-state index contributed by atoms with van der Waals surface area (Å²) in [5.74, 6) is 0.961. The van der Waals surface area contributed by atoms with Crippen molar-refractivity contribution in [2.24, 2.45) is 5.73 Å². The van der Waals surface area contributed by atoms with Gasteiger partial charge in [0.1, 0.15) is 12.2 Å².